The molecule has 2 heterocycles. The van der Waals surface area contributed by atoms with E-state index in [9.17, 15) is 0 Å². The monoisotopic (exact) mass is 367 g/mol. The molecule has 6 heteroatoms. The molecule has 3 rings (SSSR count). The van der Waals surface area contributed by atoms with Gasteiger partial charge in [-0.3, -0.25) is 4.98 Å². The Morgan fingerprint density at radius 2 is 1.81 bits per heavy atom. The van der Waals surface area contributed by atoms with E-state index in [-0.39, 0.29) is 0 Å². The number of nitrogens with one attached hydrogen (secondary N) is 1. The third-order valence-electron chi connectivity index (χ3n) is 4.16. The first kappa shape index (κ1) is 18.1. The second-order valence-corrected chi connectivity index (χ2v) is 6.74. The van der Waals surface area contributed by atoms with Gasteiger partial charge in [-0.25, -0.2) is 4.98 Å². The highest BCUT2D eigenvalue weighted by Crippen LogP contribution is 2.24. The largest absolute Gasteiger partial charge is 0.359 e. The van der Waals surface area contributed by atoms with E-state index in [1.165, 1.54) is 5.56 Å². The topological polar surface area (TPSA) is 53.9 Å². The van der Waals surface area contributed by atoms with Gasteiger partial charge in [0.25, 0.3) is 0 Å². The summed E-state index contributed by atoms with van der Waals surface area (Å²) in [4.78, 5) is 15.3. The molecule has 26 heavy (non-hydrogen) atoms. The Balaban J connectivity index is 1.75. The summed E-state index contributed by atoms with van der Waals surface area (Å²) in [6, 6.07) is 11.8. The number of anilines is 3. The summed E-state index contributed by atoms with van der Waals surface area (Å²) in [7, 11) is 2.04. The first-order valence-electron chi connectivity index (χ1n) is 8.50. The molecule has 0 radical (unpaired) electrons. The summed E-state index contributed by atoms with van der Waals surface area (Å²) < 4.78 is 0. The molecule has 5 nitrogen and oxygen atoms in total. The number of rotatable bonds is 6. The van der Waals surface area contributed by atoms with Gasteiger partial charge in [0.2, 0.25) is 5.95 Å². The normalized spacial score (nSPS) is 10.6. The Labute approximate surface area is 159 Å². The van der Waals surface area contributed by atoms with Crippen LogP contribution in [-0.4, -0.2) is 28.5 Å². The minimum absolute atomic E-state index is 0.570. The number of pyridine rings is 1. The van der Waals surface area contributed by atoms with Gasteiger partial charge in [-0.1, -0.05) is 17.7 Å². The summed E-state index contributed by atoms with van der Waals surface area (Å²) in [6.45, 7) is 4.85. The number of halogens is 1. The summed E-state index contributed by atoms with van der Waals surface area (Å²) >= 11 is 6.10. The van der Waals surface area contributed by atoms with Crippen molar-refractivity contribution in [2.45, 2.75) is 20.3 Å². The van der Waals surface area contributed by atoms with E-state index < -0.39 is 0 Å². The molecule has 0 saturated carbocycles. The minimum Gasteiger partial charge on any atom is -0.359 e. The molecule has 0 aliphatic carbocycles. The quantitative estimate of drug-likeness (QED) is 0.691. The van der Waals surface area contributed by atoms with Crippen LogP contribution >= 0.6 is 11.6 Å². The van der Waals surface area contributed by atoms with Crippen molar-refractivity contribution in [3.63, 3.8) is 0 Å². The molecule has 0 aliphatic heterocycles. The third kappa shape index (κ3) is 4.70. The molecule has 0 atom stereocenters. The second-order valence-electron chi connectivity index (χ2n) is 6.30. The van der Waals surface area contributed by atoms with Crippen LogP contribution in [0, 0.1) is 13.8 Å². The smallest absolute Gasteiger partial charge is 0.229 e. The lowest BCUT2D eigenvalue weighted by atomic mass is 10.2. The summed E-state index contributed by atoms with van der Waals surface area (Å²) in [5.74, 6) is 1.45. The first-order chi connectivity index (χ1) is 12.5. The molecule has 1 aromatic carbocycles. The Morgan fingerprint density at radius 1 is 1.04 bits per heavy atom. The SMILES string of the molecule is Cc1cc(N(C)CCc2ccncc2)nc(Nc2cc(Cl)ccc2C)n1. The van der Waals surface area contributed by atoms with E-state index in [0.717, 1.165) is 35.7 Å². The van der Waals surface area contributed by atoms with Gasteiger partial charge in [0.05, 0.1) is 0 Å². The van der Waals surface area contributed by atoms with E-state index >= 15 is 0 Å². The third-order valence-corrected chi connectivity index (χ3v) is 4.40. The predicted molar refractivity (Wildman–Crippen MR) is 107 cm³/mol. The number of likely N-dealkylation sites (N-methyl/N-ethyl adjacent to an activating group) is 1. The summed E-state index contributed by atoms with van der Waals surface area (Å²) in [5, 5.41) is 3.96. The fraction of sp³-hybridized carbons (Fsp3) is 0.250. The summed E-state index contributed by atoms with van der Waals surface area (Å²) in [6.07, 6.45) is 4.57. The van der Waals surface area contributed by atoms with Gasteiger partial charge in [-0.05, 0) is 55.7 Å². The molecule has 0 bridgehead atoms. The standard InChI is InChI=1S/C20H22ClN5/c1-14-4-5-17(21)13-18(14)24-20-23-15(2)12-19(25-20)26(3)11-8-16-6-9-22-10-7-16/h4-7,9-10,12-13H,8,11H2,1-3H3,(H,23,24,25). The molecule has 0 spiro atoms. The van der Waals surface area contributed by atoms with Gasteiger partial charge in [0, 0.05) is 48.5 Å². The van der Waals surface area contributed by atoms with Crippen molar-refractivity contribution in [2.75, 3.05) is 23.8 Å². The number of hydrogen-bond donors (Lipinski definition) is 1. The molecular formula is C20H22ClN5. The lowest BCUT2D eigenvalue weighted by Gasteiger charge is -2.19. The average molecular weight is 368 g/mol. The molecule has 3 aromatic rings. The molecule has 134 valence electrons. The zero-order valence-electron chi connectivity index (χ0n) is 15.2. The highest BCUT2D eigenvalue weighted by molar-refractivity contribution is 6.30. The van der Waals surface area contributed by atoms with Crippen molar-refractivity contribution in [3.8, 4) is 0 Å². The highest BCUT2D eigenvalue weighted by atomic mass is 35.5. The Kier molecular flexibility index (Phi) is 5.68. The van der Waals surface area contributed by atoms with E-state index in [1.54, 1.807) is 0 Å². The van der Waals surface area contributed by atoms with E-state index in [4.69, 9.17) is 11.6 Å². The van der Waals surface area contributed by atoms with Crippen LogP contribution in [-0.2, 0) is 6.42 Å². The fourth-order valence-corrected chi connectivity index (χ4v) is 2.79. The van der Waals surface area contributed by atoms with Crippen LogP contribution in [0.4, 0.5) is 17.5 Å². The number of hydrogen-bond acceptors (Lipinski definition) is 5. The summed E-state index contributed by atoms with van der Waals surface area (Å²) in [5.41, 5.74) is 4.17. The van der Waals surface area contributed by atoms with Crippen molar-refractivity contribution in [1.82, 2.24) is 15.0 Å². The lowest BCUT2D eigenvalue weighted by molar-refractivity contribution is 0.853. The van der Waals surface area contributed by atoms with Gasteiger partial charge >= 0.3 is 0 Å². The van der Waals surface area contributed by atoms with Gasteiger partial charge < -0.3 is 10.2 Å². The van der Waals surface area contributed by atoms with Crippen LogP contribution in [0.2, 0.25) is 5.02 Å². The van der Waals surface area contributed by atoms with Gasteiger partial charge in [-0.15, -0.1) is 0 Å². The zero-order valence-corrected chi connectivity index (χ0v) is 16.0. The van der Waals surface area contributed by atoms with Gasteiger partial charge in [0.15, 0.2) is 0 Å². The van der Waals surface area contributed by atoms with Crippen LogP contribution in [0.25, 0.3) is 0 Å². The average Bonchev–Trinajstić information content (AvgIpc) is 2.63. The Hall–Kier alpha value is -2.66. The van der Waals surface area contributed by atoms with E-state index in [0.29, 0.717) is 11.0 Å². The molecule has 0 aliphatic rings. The number of aromatic nitrogens is 3. The van der Waals surface area contributed by atoms with Crippen LogP contribution in [0.3, 0.4) is 0 Å². The maximum absolute atomic E-state index is 6.10. The van der Waals surface area contributed by atoms with E-state index in [1.807, 2.05) is 69.7 Å². The number of nitrogens with zero attached hydrogens (tertiary/aromatic N) is 4. The van der Waals surface area contributed by atoms with Crippen LogP contribution in [0.1, 0.15) is 16.8 Å². The molecule has 1 N–H and O–H groups in total. The van der Waals surface area contributed by atoms with Crippen LogP contribution in [0.5, 0.6) is 0 Å². The fourth-order valence-electron chi connectivity index (χ4n) is 2.61. The van der Waals surface area contributed by atoms with E-state index in [2.05, 4.69) is 25.2 Å². The first-order valence-corrected chi connectivity index (χ1v) is 8.88. The molecule has 0 saturated heterocycles. The Morgan fingerprint density at radius 3 is 2.58 bits per heavy atom. The highest BCUT2D eigenvalue weighted by Gasteiger charge is 2.09. The molecule has 0 amide bonds. The lowest BCUT2D eigenvalue weighted by Crippen LogP contribution is -2.22. The minimum atomic E-state index is 0.570. The molecular weight excluding hydrogens is 346 g/mol. The number of aryl methyl sites for hydroxylation is 2. The maximum atomic E-state index is 6.10. The van der Waals surface area contributed by atoms with Crippen LogP contribution < -0.4 is 10.2 Å². The van der Waals surface area contributed by atoms with Gasteiger partial charge in [-0.2, -0.15) is 4.98 Å². The van der Waals surface area contributed by atoms with Crippen molar-refractivity contribution >= 4 is 29.1 Å². The second kappa shape index (κ2) is 8.15. The van der Waals surface area contributed by atoms with Gasteiger partial charge in [0.1, 0.15) is 5.82 Å². The van der Waals surface area contributed by atoms with Crippen molar-refractivity contribution < 1.29 is 0 Å². The molecule has 2 aromatic heterocycles. The zero-order chi connectivity index (χ0) is 18.5. The molecule has 0 unspecified atom stereocenters. The van der Waals surface area contributed by atoms with Crippen LogP contribution in [0.15, 0.2) is 48.8 Å². The molecule has 0 fully saturated rings. The maximum Gasteiger partial charge on any atom is 0.229 e. The van der Waals surface area contributed by atoms with Crippen molar-refractivity contribution in [1.29, 1.82) is 0 Å². The number of benzene rings is 1. The predicted octanol–water partition coefficient (Wildman–Crippen LogP) is 4.56. The Bertz CT molecular complexity index is 883. The van der Waals surface area contributed by atoms with Crippen molar-refractivity contribution in [3.05, 3.63) is 70.6 Å². The van der Waals surface area contributed by atoms with Crippen molar-refractivity contribution in [2.24, 2.45) is 0 Å².